The van der Waals surface area contributed by atoms with Crippen LogP contribution in [0.4, 0.5) is 0 Å². The molecule has 10 atom stereocenters. The van der Waals surface area contributed by atoms with Crippen molar-refractivity contribution in [3.63, 3.8) is 0 Å². The van der Waals surface area contributed by atoms with E-state index in [1.807, 2.05) is 5.32 Å². The fourth-order valence-electron chi connectivity index (χ4n) is 5.58. The monoisotopic (exact) mass is 905 g/mol. The summed E-state index contributed by atoms with van der Waals surface area (Å²) in [5, 5.41) is 55.4. The van der Waals surface area contributed by atoms with E-state index in [1.54, 1.807) is 41.5 Å². The first-order chi connectivity index (χ1) is 28.8. The summed E-state index contributed by atoms with van der Waals surface area (Å²) < 4.78 is 0. The summed E-state index contributed by atoms with van der Waals surface area (Å²) in [4.78, 5) is 119. The van der Waals surface area contributed by atoms with Crippen LogP contribution in [0.25, 0.3) is 0 Å². The van der Waals surface area contributed by atoms with Gasteiger partial charge in [0.2, 0.25) is 47.3 Å². The zero-order chi connectivity index (χ0) is 48.0. The SMILES string of the molecule is C.CC[C@H](C)[C@H](NC(=O)[C@@H](CCCN=C(N)N)NC(=O)[C@H](CC(C)C)NC(=O)[C@@H](N)[C@H](O)C(C)C)C(=O)N[C@H](C(=O)NCC(=O)N[C@@H](CC(N)=O)C(=O)N[C@@H](CO)C(=O)O)[C@H](C)O. The highest BCUT2D eigenvalue weighted by Gasteiger charge is 2.36. The van der Waals surface area contributed by atoms with Gasteiger partial charge in [0.15, 0.2) is 5.96 Å². The minimum atomic E-state index is -1.77. The van der Waals surface area contributed by atoms with Crippen molar-refractivity contribution in [3.05, 3.63) is 0 Å². The van der Waals surface area contributed by atoms with Gasteiger partial charge < -0.3 is 80.6 Å². The number of carbonyl (C=O) groups is 9. The van der Waals surface area contributed by atoms with Gasteiger partial charge in [0.05, 0.1) is 31.8 Å². The summed E-state index contributed by atoms with van der Waals surface area (Å²) in [5.41, 5.74) is 22.0. The number of amides is 8. The number of carboxylic acids is 1. The second kappa shape index (κ2) is 29.6. The molecule has 0 unspecified atom stereocenters. The normalized spacial score (nSPS) is 15.8. The molecule has 8 amide bonds. The molecule has 0 aromatic heterocycles. The number of hydrogen-bond acceptors (Lipinski definition) is 14. The highest BCUT2D eigenvalue weighted by molar-refractivity contribution is 5.98. The molecule has 19 N–H and O–H groups in total. The summed E-state index contributed by atoms with van der Waals surface area (Å²) in [6, 6.07) is -10.4. The van der Waals surface area contributed by atoms with Crippen LogP contribution in [-0.2, 0) is 43.2 Å². The number of nitrogens with one attached hydrogen (secondary N) is 7. The molecular weight excluding hydrogens is 832 g/mol. The van der Waals surface area contributed by atoms with Crippen molar-refractivity contribution in [1.82, 2.24) is 37.2 Å². The Labute approximate surface area is 367 Å². The number of aliphatic hydroxyl groups excluding tert-OH is 3. The lowest BCUT2D eigenvalue weighted by Crippen LogP contribution is -2.62. The van der Waals surface area contributed by atoms with Gasteiger partial charge in [0.25, 0.3) is 0 Å². The summed E-state index contributed by atoms with van der Waals surface area (Å²) in [6.45, 7) is 9.56. The summed E-state index contributed by atoms with van der Waals surface area (Å²) in [5.74, 6) is -10.7. The predicted molar refractivity (Wildman–Crippen MR) is 229 cm³/mol. The molecule has 362 valence electrons. The molecule has 0 radical (unpaired) electrons. The number of aliphatic imine (C=N–C) groups is 1. The van der Waals surface area contributed by atoms with Gasteiger partial charge in [-0.05, 0) is 43.9 Å². The molecule has 0 saturated carbocycles. The first kappa shape index (κ1) is 59.4. The van der Waals surface area contributed by atoms with E-state index in [0.29, 0.717) is 6.42 Å². The van der Waals surface area contributed by atoms with Crippen molar-refractivity contribution < 1.29 is 63.6 Å². The van der Waals surface area contributed by atoms with Crippen LogP contribution < -0.4 is 60.2 Å². The van der Waals surface area contributed by atoms with Crippen molar-refractivity contribution in [2.24, 2.45) is 45.7 Å². The van der Waals surface area contributed by atoms with Crippen molar-refractivity contribution >= 4 is 59.2 Å². The lowest BCUT2D eigenvalue weighted by molar-refractivity contribution is -0.143. The molecule has 0 fully saturated rings. The highest BCUT2D eigenvalue weighted by Crippen LogP contribution is 2.13. The highest BCUT2D eigenvalue weighted by atomic mass is 16.4. The third kappa shape index (κ3) is 22.3. The maximum atomic E-state index is 13.9. The van der Waals surface area contributed by atoms with E-state index in [0.717, 1.165) is 6.92 Å². The zero-order valence-electron chi connectivity index (χ0n) is 36.3. The standard InChI is InChI=1S/C37H68N12O13.CH4/c1-8-18(6)27(35(60)49-28(19(7)51)34(59)43-14-25(53)44-22(13-24(38)52)32(57)47-23(15-50)36(61)62)48-30(55)20(10-9-11-42-37(40)41)45-31(56)21(12-16(2)3)46-33(58)26(39)29(54)17(4)5;/h16-23,26-29,50-51,54H,8-15,39H2,1-7H3,(H2,38,52)(H,43,59)(H,44,53)(H,45,56)(H,46,58)(H,47,57)(H,48,55)(H,49,60)(H,61,62)(H4,40,41,42);1H4/t18-,19-,20+,21-,22-,23-,26-,27-,28-,29+;/m0./s1. The Kier molecular flexibility index (Phi) is 27.9. The number of carboxylic acid groups (broad SMARTS) is 1. The number of aliphatic carboxylic acids is 1. The van der Waals surface area contributed by atoms with E-state index >= 15 is 0 Å². The van der Waals surface area contributed by atoms with Crippen LogP contribution in [0.1, 0.15) is 88.0 Å². The number of guanidine groups is 1. The quantitative estimate of drug-likeness (QED) is 0.0189. The van der Waals surface area contributed by atoms with Gasteiger partial charge in [0.1, 0.15) is 42.3 Å². The average molecular weight is 905 g/mol. The smallest absolute Gasteiger partial charge is 0.328 e. The lowest BCUT2D eigenvalue weighted by atomic mass is 9.96. The third-order valence-electron chi connectivity index (χ3n) is 9.41. The van der Waals surface area contributed by atoms with E-state index in [1.165, 1.54) is 0 Å². The number of nitrogens with two attached hydrogens (primary N) is 4. The maximum absolute atomic E-state index is 13.9. The molecule has 0 saturated heterocycles. The minimum absolute atomic E-state index is 0. The van der Waals surface area contributed by atoms with Crippen LogP contribution in [0.3, 0.4) is 0 Å². The van der Waals surface area contributed by atoms with Crippen LogP contribution in [0, 0.1) is 17.8 Å². The molecule has 0 heterocycles. The summed E-state index contributed by atoms with van der Waals surface area (Å²) >= 11 is 0. The molecular formula is C38H72N12O13. The zero-order valence-corrected chi connectivity index (χ0v) is 36.3. The van der Waals surface area contributed by atoms with Gasteiger partial charge in [0, 0.05) is 6.54 Å². The van der Waals surface area contributed by atoms with E-state index in [9.17, 15) is 58.5 Å². The predicted octanol–water partition coefficient (Wildman–Crippen LogP) is -5.53. The van der Waals surface area contributed by atoms with Crippen molar-refractivity contribution in [1.29, 1.82) is 0 Å². The van der Waals surface area contributed by atoms with E-state index in [-0.39, 0.29) is 51.0 Å². The molecule has 0 aliphatic heterocycles. The number of carbonyl (C=O) groups excluding carboxylic acids is 8. The molecule has 0 aliphatic carbocycles. The van der Waals surface area contributed by atoms with Crippen LogP contribution in [0.15, 0.2) is 4.99 Å². The van der Waals surface area contributed by atoms with Gasteiger partial charge in [-0.15, -0.1) is 0 Å². The van der Waals surface area contributed by atoms with Gasteiger partial charge in [-0.2, -0.15) is 0 Å². The number of aliphatic hydroxyl groups is 3. The molecule has 25 heteroatoms. The fraction of sp³-hybridized carbons (Fsp3) is 0.737. The van der Waals surface area contributed by atoms with Gasteiger partial charge in [-0.1, -0.05) is 55.4 Å². The van der Waals surface area contributed by atoms with Crippen LogP contribution in [0.5, 0.6) is 0 Å². The van der Waals surface area contributed by atoms with E-state index in [2.05, 4.69) is 36.9 Å². The van der Waals surface area contributed by atoms with Crippen molar-refractivity contribution in [3.8, 4) is 0 Å². The Morgan fingerprint density at radius 3 is 1.67 bits per heavy atom. The summed E-state index contributed by atoms with van der Waals surface area (Å²) in [7, 11) is 0. The molecule has 0 aromatic rings. The van der Waals surface area contributed by atoms with Crippen LogP contribution >= 0.6 is 0 Å². The van der Waals surface area contributed by atoms with Gasteiger partial charge in [-0.25, -0.2) is 4.79 Å². The number of primary amides is 1. The number of nitrogens with zero attached hydrogens (tertiary/aromatic N) is 1. The van der Waals surface area contributed by atoms with E-state index in [4.69, 9.17) is 28.0 Å². The molecule has 0 aliphatic rings. The Hall–Kier alpha value is -5.66. The van der Waals surface area contributed by atoms with Crippen LogP contribution in [-0.4, -0.2) is 154 Å². The van der Waals surface area contributed by atoms with Crippen molar-refractivity contribution in [2.75, 3.05) is 19.7 Å². The van der Waals surface area contributed by atoms with Crippen LogP contribution in [0.2, 0.25) is 0 Å². The largest absolute Gasteiger partial charge is 0.480 e. The average Bonchev–Trinajstić information content (AvgIpc) is 3.18. The first-order valence-corrected chi connectivity index (χ1v) is 20.2. The molecule has 0 aromatic carbocycles. The Morgan fingerprint density at radius 1 is 0.667 bits per heavy atom. The third-order valence-corrected chi connectivity index (χ3v) is 9.41. The second-order valence-corrected chi connectivity index (χ2v) is 15.7. The number of hydrogen-bond donors (Lipinski definition) is 15. The molecule has 0 bridgehead atoms. The first-order valence-electron chi connectivity index (χ1n) is 20.2. The van der Waals surface area contributed by atoms with Gasteiger partial charge >= 0.3 is 5.97 Å². The Balaban J connectivity index is 0. The summed E-state index contributed by atoms with van der Waals surface area (Å²) in [6.07, 6.45) is -3.04. The topological polar surface area (TPSA) is 435 Å². The second-order valence-electron chi connectivity index (χ2n) is 15.7. The van der Waals surface area contributed by atoms with Gasteiger partial charge in [-0.3, -0.25) is 43.3 Å². The number of rotatable bonds is 29. The maximum Gasteiger partial charge on any atom is 0.328 e. The molecule has 25 nitrogen and oxygen atoms in total. The lowest BCUT2D eigenvalue weighted by Gasteiger charge is -2.30. The molecule has 0 rings (SSSR count). The van der Waals surface area contributed by atoms with Crippen molar-refractivity contribution in [2.45, 2.75) is 142 Å². The molecule has 0 spiro atoms. The minimum Gasteiger partial charge on any atom is -0.480 e. The Morgan fingerprint density at radius 2 is 1.19 bits per heavy atom. The van der Waals surface area contributed by atoms with E-state index < -0.39 is 133 Å². The fourth-order valence-corrected chi connectivity index (χ4v) is 5.58. The Bertz CT molecular complexity index is 1580. The molecule has 63 heavy (non-hydrogen) atoms.